The number of rotatable bonds is 4. The van der Waals surface area contributed by atoms with Crippen LogP contribution in [0.3, 0.4) is 0 Å². The first-order valence-corrected chi connectivity index (χ1v) is 6.11. The summed E-state index contributed by atoms with van der Waals surface area (Å²) in [6.45, 7) is 0.333. The number of H-pyrrole nitrogens is 1. The molecule has 0 bridgehead atoms. The molecule has 20 heavy (non-hydrogen) atoms. The van der Waals surface area contributed by atoms with Crippen molar-refractivity contribution < 1.29 is 14.6 Å². The van der Waals surface area contributed by atoms with Gasteiger partial charge in [0.05, 0.1) is 17.5 Å². The first kappa shape index (κ1) is 12.2. The molecule has 0 atom stereocenters. The molecule has 2 heterocycles. The monoisotopic (exact) mass is 268 g/mol. The standard InChI is InChI=1S/C15H12N2O3/c18-15(19)12-4-1-5-14-13(12)7-10(17-14)9-20-11-3-2-6-16-8-11/h1-8,17H,9H2,(H,18,19). The summed E-state index contributed by atoms with van der Waals surface area (Å²) in [4.78, 5) is 18.3. The molecule has 2 N–H and O–H groups in total. The molecule has 0 aliphatic carbocycles. The number of aromatic nitrogens is 2. The minimum atomic E-state index is -0.936. The van der Waals surface area contributed by atoms with Crippen molar-refractivity contribution in [1.82, 2.24) is 9.97 Å². The first-order valence-electron chi connectivity index (χ1n) is 6.11. The number of carboxylic acids is 1. The molecular weight excluding hydrogens is 256 g/mol. The SMILES string of the molecule is O=C(O)c1cccc2[nH]c(COc3cccnc3)cc12. The highest BCUT2D eigenvalue weighted by molar-refractivity contribution is 6.03. The van der Waals surface area contributed by atoms with Crippen LogP contribution in [0.4, 0.5) is 0 Å². The van der Waals surface area contributed by atoms with Crippen LogP contribution in [0.2, 0.25) is 0 Å². The number of pyridine rings is 1. The first-order chi connectivity index (χ1) is 9.74. The maximum atomic E-state index is 11.2. The summed E-state index contributed by atoms with van der Waals surface area (Å²) in [5.74, 6) is -0.265. The van der Waals surface area contributed by atoms with Gasteiger partial charge in [-0.3, -0.25) is 4.98 Å². The third-order valence-electron chi connectivity index (χ3n) is 2.98. The van der Waals surface area contributed by atoms with Crippen LogP contribution in [0.15, 0.2) is 48.8 Å². The van der Waals surface area contributed by atoms with Crippen LogP contribution in [0.5, 0.6) is 5.75 Å². The van der Waals surface area contributed by atoms with Gasteiger partial charge in [0.2, 0.25) is 0 Å². The smallest absolute Gasteiger partial charge is 0.336 e. The average molecular weight is 268 g/mol. The van der Waals surface area contributed by atoms with E-state index in [1.54, 1.807) is 36.7 Å². The van der Waals surface area contributed by atoms with Crippen molar-refractivity contribution in [3.8, 4) is 5.75 Å². The van der Waals surface area contributed by atoms with Gasteiger partial charge in [0, 0.05) is 17.1 Å². The second-order valence-corrected chi connectivity index (χ2v) is 4.34. The van der Waals surface area contributed by atoms with Crippen molar-refractivity contribution in [2.75, 3.05) is 0 Å². The Balaban J connectivity index is 1.86. The molecule has 3 rings (SSSR count). The number of benzene rings is 1. The van der Waals surface area contributed by atoms with Crippen molar-refractivity contribution in [1.29, 1.82) is 0 Å². The summed E-state index contributed by atoms with van der Waals surface area (Å²) in [6.07, 6.45) is 3.31. The molecule has 1 aromatic carbocycles. The number of ether oxygens (including phenoxy) is 1. The molecule has 0 aliphatic rings. The molecule has 5 nitrogen and oxygen atoms in total. The van der Waals surface area contributed by atoms with Crippen LogP contribution in [-0.4, -0.2) is 21.0 Å². The minimum Gasteiger partial charge on any atom is -0.486 e. The van der Waals surface area contributed by atoms with E-state index in [0.717, 1.165) is 11.2 Å². The Kier molecular flexibility index (Phi) is 3.09. The Bertz CT molecular complexity index is 750. The molecule has 3 aromatic rings. The number of aromatic carboxylic acids is 1. The molecule has 100 valence electrons. The highest BCUT2D eigenvalue weighted by Gasteiger charge is 2.10. The predicted molar refractivity (Wildman–Crippen MR) is 73.8 cm³/mol. The number of carboxylic acid groups (broad SMARTS) is 1. The number of fused-ring (bicyclic) bond motifs is 1. The summed E-state index contributed by atoms with van der Waals surface area (Å²) in [5.41, 5.74) is 1.89. The van der Waals surface area contributed by atoms with Gasteiger partial charge in [0.25, 0.3) is 0 Å². The number of nitrogens with zero attached hydrogens (tertiary/aromatic N) is 1. The number of hydrogen-bond donors (Lipinski definition) is 2. The normalized spacial score (nSPS) is 10.6. The Hall–Kier alpha value is -2.82. The lowest BCUT2D eigenvalue weighted by atomic mass is 10.1. The molecular formula is C15H12N2O3. The lowest BCUT2D eigenvalue weighted by molar-refractivity contribution is 0.0699. The highest BCUT2D eigenvalue weighted by Crippen LogP contribution is 2.21. The zero-order valence-electron chi connectivity index (χ0n) is 10.5. The summed E-state index contributed by atoms with van der Waals surface area (Å²) in [6, 6.07) is 10.6. The molecule has 2 aromatic heterocycles. The molecule has 0 fully saturated rings. The Morgan fingerprint density at radius 1 is 1.30 bits per heavy atom. The average Bonchev–Trinajstić information content (AvgIpc) is 2.88. The quantitative estimate of drug-likeness (QED) is 0.763. The number of carbonyl (C=O) groups is 1. The molecule has 0 aliphatic heterocycles. The minimum absolute atomic E-state index is 0.284. The number of nitrogens with one attached hydrogen (secondary N) is 1. The van der Waals surface area contributed by atoms with Gasteiger partial charge >= 0.3 is 5.97 Å². The number of hydrogen-bond acceptors (Lipinski definition) is 3. The van der Waals surface area contributed by atoms with Crippen molar-refractivity contribution in [2.24, 2.45) is 0 Å². The molecule has 0 radical (unpaired) electrons. The topological polar surface area (TPSA) is 75.2 Å². The molecule has 5 heteroatoms. The van der Waals surface area contributed by atoms with E-state index in [1.807, 2.05) is 12.1 Å². The zero-order chi connectivity index (χ0) is 13.9. The third kappa shape index (κ3) is 2.33. The summed E-state index contributed by atoms with van der Waals surface area (Å²) >= 11 is 0. The van der Waals surface area contributed by atoms with Crippen LogP contribution in [0.1, 0.15) is 16.1 Å². The van der Waals surface area contributed by atoms with Gasteiger partial charge in [0.1, 0.15) is 12.4 Å². The van der Waals surface area contributed by atoms with Crippen LogP contribution in [-0.2, 0) is 6.61 Å². The Labute approximate surface area is 114 Å². The second kappa shape index (κ2) is 5.05. The van der Waals surface area contributed by atoms with E-state index >= 15 is 0 Å². The van der Waals surface area contributed by atoms with Crippen LogP contribution in [0.25, 0.3) is 10.9 Å². The van der Waals surface area contributed by atoms with E-state index in [1.165, 1.54) is 0 Å². The zero-order valence-corrected chi connectivity index (χ0v) is 10.5. The third-order valence-corrected chi connectivity index (χ3v) is 2.98. The fourth-order valence-corrected chi connectivity index (χ4v) is 2.07. The van der Waals surface area contributed by atoms with Gasteiger partial charge in [-0.1, -0.05) is 6.07 Å². The van der Waals surface area contributed by atoms with Crippen LogP contribution in [0, 0.1) is 0 Å². The molecule has 0 saturated carbocycles. The fourth-order valence-electron chi connectivity index (χ4n) is 2.07. The van der Waals surface area contributed by atoms with Crippen molar-refractivity contribution >= 4 is 16.9 Å². The Morgan fingerprint density at radius 3 is 2.95 bits per heavy atom. The van der Waals surface area contributed by atoms with Gasteiger partial charge in [-0.25, -0.2) is 4.79 Å². The maximum absolute atomic E-state index is 11.2. The van der Waals surface area contributed by atoms with Gasteiger partial charge in [-0.15, -0.1) is 0 Å². The highest BCUT2D eigenvalue weighted by atomic mass is 16.5. The molecule has 0 spiro atoms. The maximum Gasteiger partial charge on any atom is 0.336 e. The fraction of sp³-hybridized carbons (Fsp3) is 0.0667. The van der Waals surface area contributed by atoms with E-state index in [-0.39, 0.29) is 5.56 Å². The van der Waals surface area contributed by atoms with Gasteiger partial charge in [0.15, 0.2) is 0 Å². The largest absolute Gasteiger partial charge is 0.486 e. The van der Waals surface area contributed by atoms with Gasteiger partial charge < -0.3 is 14.8 Å². The molecule has 0 unspecified atom stereocenters. The van der Waals surface area contributed by atoms with E-state index in [2.05, 4.69) is 9.97 Å². The summed E-state index contributed by atoms with van der Waals surface area (Å²) in [7, 11) is 0. The van der Waals surface area contributed by atoms with E-state index in [4.69, 9.17) is 9.84 Å². The molecule has 0 saturated heterocycles. The number of aromatic amines is 1. The van der Waals surface area contributed by atoms with Gasteiger partial charge in [-0.05, 0) is 30.3 Å². The molecule has 0 amide bonds. The van der Waals surface area contributed by atoms with Crippen LogP contribution >= 0.6 is 0 Å². The van der Waals surface area contributed by atoms with Crippen molar-refractivity contribution in [3.05, 3.63) is 60.0 Å². The second-order valence-electron chi connectivity index (χ2n) is 4.34. The predicted octanol–water partition coefficient (Wildman–Crippen LogP) is 2.84. The summed E-state index contributed by atoms with van der Waals surface area (Å²) < 4.78 is 5.58. The van der Waals surface area contributed by atoms with E-state index < -0.39 is 5.97 Å². The van der Waals surface area contributed by atoms with E-state index in [9.17, 15) is 4.79 Å². The Morgan fingerprint density at radius 2 is 2.20 bits per heavy atom. The lowest BCUT2D eigenvalue weighted by Gasteiger charge is -2.02. The van der Waals surface area contributed by atoms with E-state index in [0.29, 0.717) is 17.7 Å². The van der Waals surface area contributed by atoms with Gasteiger partial charge in [-0.2, -0.15) is 0 Å². The summed E-state index contributed by atoms with van der Waals surface area (Å²) in [5, 5.41) is 9.83. The van der Waals surface area contributed by atoms with Crippen LogP contribution < -0.4 is 4.74 Å². The lowest BCUT2D eigenvalue weighted by Crippen LogP contribution is -1.96. The van der Waals surface area contributed by atoms with Crippen molar-refractivity contribution in [2.45, 2.75) is 6.61 Å². The van der Waals surface area contributed by atoms with Crippen molar-refractivity contribution in [3.63, 3.8) is 0 Å².